The number of carbonyl (C=O) groups is 2. The molecular weight excluding hydrogens is 471 g/mol. The van der Waals surface area contributed by atoms with Gasteiger partial charge in [0.1, 0.15) is 5.92 Å². The van der Waals surface area contributed by atoms with Gasteiger partial charge in [-0.1, -0.05) is 89.9 Å². The van der Waals surface area contributed by atoms with Gasteiger partial charge in [0.05, 0.1) is 27.5 Å². The van der Waals surface area contributed by atoms with Crippen molar-refractivity contribution >= 4 is 57.2 Å². The molecule has 2 heterocycles. The van der Waals surface area contributed by atoms with E-state index < -0.39 is 24.0 Å². The third-order valence-electron chi connectivity index (χ3n) is 6.43. The highest BCUT2D eigenvalue weighted by Crippen LogP contribution is 2.50. The smallest absolute Gasteiger partial charge is 0.266 e. The Balaban J connectivity index is 1.53. The van der Waals surface area contributed by atoms with Gasteiger partial charge in [-0.25, -0.2) is 9.96 Å². The molecule has 7 heteroatoms. The van der Waals surface area contributed by atoms with Gasteiger partial charge in [-0.2, -0.15) is 0 Å². The van der Waals surface area contributed by atoms with E-state index in [0.717, 1.165) is 26.9 Å². The second kappa shape index (κ2) is 8.13. The normalized spacial score (nSPS) is 22.0. The van der Waals surface area contributed by atoms with E-state index in [-0.39, 0.29) is 21.6 Å². The van der Waals surface area contributed by atoms with Gasteiger partial charge in [0, 0.05) is 0 Å². The van der Waals surface area contributed by atoms with Crippen molar-refractivity contribution in [3.8, 4) is 0 Å². The second-order valence-corrected chi connectivity index (χ2v) is 9.12. The quantitative estimate of drug-likeness (QED) is 0.322. The van der Waals surface area contributed by atoms with Gasteiger partial charge < -0.3 is 0 Å². The maximum atomic E-state index is 13.9. The number of hydrogen-bond donors (Lipinski definition) is 0. The molecule has 0 bridgehead atoms. The number of imide groups is 1. The highest BCUT2D eigenvalue weighted by Gasteiger charge is 2.61. The van der Waals surface area contributed by atoms with Gasteiger partial charge in [0.25, 0.3) is 5.91 Å². The standard InChI is InChI=1S/C27H18Cl2N2O3/c28-20-14-7-15-21(29)24(20)30-26(32)22-23(19-13-6-9-16-8-4-5-12-18(16)19)31(34-25(22)27(30)33)17-10-2-1-3-11-17/h1-15,22-23,25H/t22-,23-,25-/m0/s1. The van der Waals surface area contributed by atoms with Crippen LogP contribution in [0.1, 0.15) is 11.6 Å². The Hall–Kier alpha value is -3.38. The maximum Gasteiger partial charge on any atom is 0.266 e. The van der Waals surface area contributed by atoms with Crippen LogP contribution in [0.15, 0.2) is 91.0 Å². The van der Waals surface area contributed by atoms with Gasteiger partial charge >= 0.3 is 0 Å². The van der Waals surface area contributed by atoms with Crippen molar-refractivity contribution in [2.45, 2.75) is 12.1 Å². The van der Waals surface area contributed by atoms with Crippen LogP contribution < -0.4 is 9.96 Å². The number of rotatable bonds is 3. The lowest BCUT2D eigenvalue weighted by atomic mass is 9.87. The Labute approximate surface area is 206 Å². The minimum atomic E-state index is -0.996. The van der Waals surface area contributed by atoms with Crippen molar-refractivity contribution in [2.75, 3.05) is 9.96 Å². The Kier molecular flexibility index (Phi) is 5.06. The third-order valence-corrected chi connectivity index (χ3v) is 7.04. The fourth-order valence-electron chi connectivity index (χ4n) is 4.96. The molecule has 4 aromatic carbocycles. The molecular formula is C27H18Cl2N2O3. The van der Waals surface area contributed by atoms with Crippen molar-refractivity contribution in [1.82, 2.24) is 0 Å². The van der Waals surface area contributed by atoms with E-state index in [1.54, 1.807) is 23.3 Å². The first-order valence-electron chi connectivity index (χ1n) is 10.9. The van der Waals surface area contributed by atoms with Gasteiger partial charge in [0.15, 0.2) is 6.10 Å². The lowest BCUT2D eigenvalue weighted by molar-refractivity contribution is -0.126. The molecule has 0 N–H and O–H groups in total. The zero-order valence-electron chi connectivity index (χ0n) is 17.8. The lowest BCUT2D eigenvalue weighted by Crippen LogP contribution is -2.37. The predicted octanol–water partition coefficient (Wildman–Crippen LogP) is 6.20. The first kappa shape index (κ1) is 21.2. The molecule has 5 nitrogen and oxygen atoms in total. The molecule has 0 radical (unpaired) electrons. The molecule has 0 saturated carbocycles. The largest absolute Gasteiger partial charge is 0.273 e. The number of halogens is 2. The molecule has 2 amide bonds. The van der Waals surface area contributed by atoms with Crippen LogP contribution in [0.3, 0.4) is 0 Å². The minimum absolute atomic E-state index is 0.196. The van der Waals surface area contributed by atoms with Crippen molar-refractivity contribution in [3.63, 3.8) is 0 Å². The van der Waals surface area contributed by atoms with Crippen molar-refractivity contribution in [3.05, 3.63) is 107 Å². The number of amides is 2. The molecule has 0 spiro atoms. The summed E-state index contributed by atoms with van der Waals surface area (Å²) in [6, 6.07) is 27.8. The van der Waals surface area contributed by atoms with Crippen LogP contribution in [0.5, 0.6) is 0 Å². The summed E-state index contributed by atoms with van der Waals surface area (Å²) in [5, 5.41) is 4.19. The molecule has 0 aliphatic carbocycles. The van der Waals surface area contributed by atoms with Crippen LogP contribution in [0, 0.1) is 5.92 Å². The fraction of sp³-hybridized carbons (Fsp3) is 0.111. The van der Waals surface area contributed by atoms with E-state index in [1.807, 2.05) is 72.8 Å². The molecule has 4 aromatic rings. The van der Waals surface area contributed by atoms with Crippen LogP contribution in [0.25, 0.3) is 10.8 Å². The van der Waals surface area contributed by atoms with Gasteiger partial charge in [-0.3, -0.25) is 14.4 Å². The van der Waals surface area contributed by atoms with E-state index in [1.165, 1.54) is 0 Å². The summed E-state index contributed by atoms with van der Waals surface area (Å²) < 4.78 is 0. The molecule has 2 aliphatic rings. The Morgan fingerprint density at radius 1 is 0.706 bits per heavy atom. The first-order chi connectivity index (χ1) is 16.6. The molecule has 0 aromatic heterocycles. The molecule has 0 unspecified atom stereocenters. The Morgan fingerprint density at radius 2 is 1.35 bits per heavy atom. The predicted molar refractivity (Wildman–Crippen MR) is 133 cm³/mol. The molecule has 3 atom stereocenters. The zero-order valence-corrected chi connectivity index (χ0v) is 19.3. The minimum Gasteiger partial charge on any atom is -0.273 e. The molecule has 6 rings (SSSR count). The number of hydrogen-bond acceptors (Lipinski definition) is 4. The molecule has 168 valence electrons. The maximum absolute atomic E-state index is 13.9. The number of para-hydroxylation sites is 2. The highest BCUT2D eigenvalue weighted by molar-refractivity contribution is 6.42. The summed E-state index contributed by atoms with van der Waals surface area (Å²) in [4.78, 5) is 34.8. The summed E-state index contributed by atoms with van der Waals surface area (Å²) >= 11 is 12.7. The zero-order chi connectivity index (χ0) is 23.4. The van der Waals surface area contributed by atoms with Crippen LogP contribution in [-0.2, 0) is 14.4 Å². The van der Waals surface area contributed by atoms with Crippen molar-refractivity contribution in [2.24, 2.45) is 5.92 Å². The van der Waals surface area contributed by atoms with E-state index in [9.17, 15) is 9.59 Å². The summed E-state index contributed by atoms with van der Waals surface area (Å²) in [7, 11) is 0. The summed E-state index contributed by atoms with van der Waals surface area (Å²) in [5.41, 5.74) is 1.86. The van der Waals surface area contributed by atoms with E-state index >= 15 is 0 Å². The van der Waals surface area contributed by atoms with Crippen LogP contribution in [-0.4, -0.2) is 17.9 Å². The Bertz CT molecular complexity index is 1420. The number of anilines is 2. The lowest BCUT2D eigenvalue weighted by Gasteiger charge is -2.29. The van der Waals surface area contributed by atoms with Crippen LogP contribution >= 0.6 is 23.2 Å². The van der Waals surface area contributed by atoms with Gasteiger partial charge in [-0.15, -0.1) is 0 Å². The third kappa shape index (κ3) is 3.12. The molecule has 2 fully saturated rings. The summed E-state index contributed by atoms with van der Waals surface area (Å²) in [5.74, 6) is -1.64. The Morgan fingerprint density at radius 3 is 2.12 bits per heavy atom. The van der Waals surface area contributed by atoms with Crippen LogP contribution in [0.4, 0.5) is 11.4 Å². The number of fused-ring (bicyclic) bond motifs is 2. The van der Waals surface area contributed by atoms with E-state index in [4.69, 9.17) is 28.0 Å². The van der Waals surface area contributed by atoms with E-state index in [0.29, 0.717) is 0 Å². The first-order valence-corrected chi connectivity index (χ1v) is 11.6. The fourth-order valence-corrected chi connectivity index (χ4v) is 5.53. The van der Waals surface area contributed by atoms with Gasteiger partial charge in [0.2, 0.25) is 5.91 Å². The monoisotopic (exact) mass is 488 g/mol. The number of benzene rings is 4. The van der Waals surface area contributed by atoms with Crippen LogP contribution in [0.2, 0.25) is 10.0 Å². The molecule has 2 aliphatic heterocycles. The number of hydroxylamine groups is 1. The second-order valence-electron chi connectivity index (χ2n) is 8.31. The van der Waals surface area contributed by atoms with E-state index in [2.05, 4.69) is 0 Å². The highest BCUT2D eigenvalue weighted by atomic mass is 35.5. The molecule has 2 saturated heterocycles. The average molecular weight is 489 g/mol. The summed E-state index contributed by atoms with van der Waals surface area (Å²) in [6.07, 6.45) is -0.996. The SMILES string of the molecule is O=C1[C@@H]2[C@H](ON(c3ccccc3)[C@H]2c2cccc3ccccc23)C(=O)N1c1c(Cl)cccc1Cl. The summed E-state index contributed by atoms with van der Waals surface area (Å²) in [6.45, 7) is 0. The number of carbonyl (C=O) groups excluding carboxylic acids is 2. The molecule has 34 heavy (non-hydrogen) atoms. The van der Waals surface area contributed by atoms with Crippen molar-refractivity contribution < 1.29 is 14.4 Å². The number of nitrogens with zero attached hydrogens (tertiary/aromatic N) is 2. The van der Waals surface area contributed by atoms with Crippen molar-refractivity contribution in [1.29, 1.82) is 0 Å². The average Bonchev–Trinajstić information content (AvgIpc) is 3.36. The van der Waals surface area contributed by atoms with Gasteiger partial charge in [-0.05, 0) is 40.6 Å². The topological polar surface area (TPSA) is 49.9 Å².